The van der Waals surface area contributed by atoms with Gasteiger partial charge in [-0.1, -0.05) is 49.2 Å². The summed E-state index contributed by atoms with van der Waals surface area (Å²) < 4.78 is 38.4. The van der Waals surface area contributed by atoms with Gasteiger partial charge in [-0.2, -0.15) is 13.2 Å². The summed E-state index contributed by atoms with van der Waals surface area (Å²) in [6.07, 6.45) is -0.798. The third-order valence-electron chi connectivity index (χ3n) is 5.20. The molecule has 1 aliphatic rings. The number of carbonyl (C=O) groups is 1. The van der Waals surface area contributed by atoms with E-state index in [-0.39, 0.29) is 5.91 Å². The quantitative estimate of drug-likeness (QED) is 0.570. The molecule has 1 saturated carbocycles. The number of hydrogen-bond acceptors (Lipinski definition) is 1. The highest BCUT2D eigenvalue weighted by Crippen LogP contribution is 2.34. The molecule has 0 atom stereocenters. The molecule has 0 aromatic heterocycles. The second kappa shape index (κ2) is 7.30. The van der Waals surface area contributed by atoms with Crippen LogP contribution in [-0.4, -0.2) is 12.5 Å². The van der Waals surface area contributed by atoms with Crippen molar-refractivity contribution in [2.75, 3.05) is 6.54 Å². The topological polar surface area (TPSA) is 29.1 Å². The monoisotopic (exact) mass is 383 g/mol. The third-order valence-corrected chi connectivity index (χ3v) is 5.20. The van der Waals surface area contributed by atoms with Crippen LogP contribution in [-0.2, 0) is 6.18 Å². The molecule has 5 heteroatoms. The van der Waals surface area contributed by atoms with Crippen molar-refractivity contribution in [3.63, 3.8) is 0 Å². The van der Waals surface area contributed by atoms with E-state index < -0.39 is 11.7 Å². The number of alkyl halides is 3. The molecule has 0 heterocycles. The molecule has 1 fully saturated rings. The van der Waals surface area contributed by atoms with Gasteiger partial charge >= 0.3 is 6.18 Å². The lowest BCUT2D eigenvalue weighted by Gasteiger charge is -2.11. The maximum Gasteiger partial charge on any atom is 0.416 e. The summed E-state index contributed by atoms with van der Waals surface area (Å²) in [5.41, 5.74) is 1.47. The fourth-order valence-electron chi connectivity index (χ4n) is 3.41. The normalized spacial score (nSPS) is 14.2. The van der Waals surface area contributed by atoms with Gasteiger partial charge in [-0.15, -0.1) is 0 Å². The van der Waals surface area contributed by atoms with Crippen molar-refractivity contribution in [1.82, 2.24) is 5.32 Å². The van der Waals surface area contributed by atoms with Crippen LogP contribution in [0.4, 0.5) is 13.2 Å². The Bertz CT molecular complexity index is 1000. The number of carbonyl (C=O) groups excluding carboxylic acids is 1. The molecular weight excluding hydrogens is 363 g/mol. The molecule has 0 bridgehead atoms. The number of hydrogen-bond donors (Lipinski definition) is 1. The second-order valence-corrected chi connectivity index (χ2v) is 7.30. The summed E-state index contributed by atoms with van der Waals surface area (Å²) in [4.78, 5) is 12.4. The lowest BCUT2D eigenvalue weighted by atomic mass is 9.96. The lowest BCUT2D eigenvalue weighted by molar-refractivity contribution is -0.137. The van der Waals surface area contributed by atoms with E-state index in [0.717, 1.165) is 40.8 Å². The minimum Gasteiger partial charge on any atom is -0.352 e. The standard InChI is InChI=1S/C23H20F3NO/c24-23(25,26)19-9-6-16(7-10-19)20-3-1-2-17-14-18(8-11-21(17)20)22(28)27-13-12-15-4-5-15/h1-3,6-11,14-15H,4-5,12-13H2,(H,27,28). The van der Waals surface area contributed by atoms with Crippen molar-refractivity contribution in [3.05, 3.63) is 71.8 Å². The molecule has 0 unspecified atom stereocenters. The van der Waals surface area contributed by atoms with Gasteiger partial charge in [0.05, 0.1) is 5.56 Å². The van der Waals surface area contributed by atoms with Gasteiger partial charge in [-0.05, 0) is 58.5 Å². The number of benzene rings is 3. The van der Waals surface area contributed by atoms with Crippen molar-refractivity contribution in [1.29, 1.82) is 0 Å². The number of halogens is 3. The summed E-state index contributed by atoms with van der Waals surface area (Å²) in [6, 6.07) is 16.2. The Balaban J connectivity index is 1.59. The second-order valence-electron chi connectivity index (χ2n) is 7.30. The summed E-state index contributed by atoms with van der Waals surface area (Å²) in [5.74, 6) is 0.672. The van der Waals surface area contributed by atoms with Crippen LogP contribution < -0.4 is 5.32 Å². The Morgan fingerprint density at radius 3 is 2.43 bits per heavy atom. The molecule has 0 saturated heterocycles. The minimum atomic E-state index is -4.35. The first kappa shape index (κ1) is 18.5. The highest BCUT2D eigenvalue weighted by atomic mass is 19.4. The van der Waals surface area contributed by atoms with Crippen LogP contribution in [0.5, 0.6) is 0 Å². The van der Waals surface area contributed by atoms with E-state index in [1.807, 2.05) is 30.3 Å². The summed E-state index contributed by atoms with van der Waals surface area (Å²) in [6.45, 7) is 0.688. The molecule has 4 rings (SSSR count). The number of amides is 1. The first-order chi connectivity index (χ1) is 13.4. The third kappa shape index (κ3) is 4.03. The van der Waals surface area contributed by atoms with Crippen molar-refractivity contribution < 1.29 is 18.0 Å². The molecule has 1 amide bonds. The molecule has 1 N–H and O–H groups in total. The van der Waals surface area contributed by atoms with Crippen LogP contribution in [0.3, 0.4) is 0 Å². The van der Waals surface area contributed by atoms with Crippen molar-refractivity contribution >= 4 is 16.7 Å². The zero-order chi connectivity index (χ0) is 19.7. The van der Waals surface area contributed by atoms with Crippen molar-refractivity contribution in [3.8, 4) is 11.1 Å². The molecule has 2 nitrogen and oxygen atoms in total. The predicted molar refractivity (Wildman–Crippen MR) is 104 cm³/mol. The smallest absolute Gasteiger partial charge is 0.352 e. The Hall–Kier alpha value is -2.82. The van der Waals surface area contributed by atoms with Gasteiger partial charge in [0.1, 0.15) is 0 Å². The van der Waals surface area contributed by atoms with Crippen molar-refractivity contribution in [2.45, 2.75) is 25.4 Å². The maximum absolute atomic E-state index is 12.8. The number of rotatable bonds is 5. The van der Waals surface area contributed by atoms with Gasteiger partial charge in [-0.3, -0.25) is 4.79 Å². The fourth-order valence-corrected chi connectivity index (χ4v) is 3.41. The van der Waals surface area contributed by atoms with Crippen LogP contribution >= 0.6 is 0 Å². The molecular formula is C23H20F3NO. The van der Waals surface area contributed by atoms with Crippen LogP contribution in [0.1, 0.15) is 35.2 Å². The first-order valence-electron chi connectivity index (χ1n) is 9.40. The average Bonchev–Trinajstić information content (AvgIpc) is 3.51. The van der Waals surface area contributed by atoms with Crippen LogP contribution in [0.25, 0.3) is 21.9 Å². The molecule has 0 aliphatic heterocycles. The zero-order valence-electron chi connectivity index (χ0n) is 15.2. The van der Waals surface area contributed by atoms with Gasteiger partial charge in [-0.25, -0.2) is 0 Å². The summed E-state index contributed by atoms with van der Waals surface area (Å²) in [7, 11) is 0. The largest absolute Gasteiger partial charge is 0.416 e. The van der Waals surface area contributed by atoms with E-state index in [2.05, 4.69) is 5.32 Å². The summed E-state index contributed by atoms with van der Waals surface area (Å²) >= 11 is 0. The Morgan fingerprint density at radius 1 is 1.00 bits per heavy atom. The Kier molecular flexibility index (Phi) is 4.84. The molecule has 3 aromatic rings. The van der Waals surface area contributed by atoms with Crippen LogP contribution in [0, 0.1) is 5.92 Å². The lowest BCUT2D eigenvalue weighted by Crippen LogP contribution is -2.24. The van der Waals surface area contributed by atoms with E-state index >= 15 is 0 Å². The average molecular weight is 383 g/mol. The fraction of sp³-hybridized carbons (Fsp3) is 0.261. The van der Waals surface area contributed by atoms with Crippen LogP contribution in [0.2, 0.25) is 0 Å². The minimum absolute atomic E-state index is 0.0949. The number of fused-ring (bicyclic) bond motifs is 1. The highest BCUT2D eigenvalue weighted by Gasteiger charge is 2.30. The van der Waals surface area contributed by atoms with Gasteiger partial charge in [0.2, 0.25) is 0 Å². The van der Waals surface area contributed by atoms with Crippen LogP contribution in [0.15, 0.2) is 60.7 Å². The molecule has 144 valence electrons. The van der Waals surface area contributed by atoms with E-state index in [1.54, 1.807) is 6.07 Å². The zero-order valence-corrected chi connectivity index (χ0v) is 15.2. The molecule has 1 aliphatic carbocycles. The Labute approximate surface area is 161 Å². The molecule has 0 radical (unpaired) electrons. The number of nitrogens with one attached hydrogen (secondary N) is 1. The highest BCUT2D eigenvalue weighted by molar-refractivity contribution is 6.02. The Morgan fingerprint density at radius 2 is 1.75 bits per heavy atom. The molecule has 3 aromatic carbocycles. The van der Waals surface area contributed by atoms with Gasteiger partial charge in [0.25, 0.3) is 5.91 Å². The van der Waals surface area contributed by atoms with Gasteiger partial charge in [0, 0.05) is 12.1 Å². The van der Waals surface area contributed by atoms with Gasteiger partial charge < -0.3 is 5.32 Å². The molecule has 28 heavy (non-hydrogen) atoms. The van der Waals surface area contributed by atoms with Gasteiger partial charge in [0.15, 0.2) is 0 Å². The van der Waals surface area contributed by atoms with E-state index in [0.29, 0.717) is 17.7 Å². The molecule has 0 spiro atoms. The van der Waals surface area contributed by atoms with E-state index in [1.165, 1.54) is 25.0 Å². The first-order valence-corrected chi connectivity index (χ1v) is 9.40. The summed E-state index contributed by atoms with van der Waals surface area (Å²) in [5, 5.41) is 4.74. The van der Waals surface area contributed by atoms with E-state index in [9.17, 15) is 18.0 Å². The van der Waals surface area contributed by atoms with E-state index in [4.69, 9.17) is 0 Å². The maximum atomic E-state index is 12.8. The van der Waals surface area contributed by atoms with Crippen molar-refractivity contribution in [2.24, 2.45) is 5.92 Å². The SMILES string of the molecule is O=C(NCCC1CC1)c1ccc2c(-c3ccc(C(F)(F)F)cc3)cccc2c1. The predicted octanol–water partition coefficient (Wildman–Crippen LogP) is 6.06.